The number of nitrogens with one attached hydrogen (secondary N) is 1. The fraction of sp³-hybridized carbons (Fsp3) is 0.297. The summed E-state index contributed by atoms with van der Waals surface area (Å²) in [4.78, 5) is 26.0. The van der Waals surface area contributed by atoms with Crippen LogP contribution in [-0.4, -0.2) is 57.0 Å². The highest BCUT2D eigenvalue weighted by Gasteiger charge is 2.54. The standard InChI is InChI=1S/C37H38N8O7/c1-48-31-19-24(20-32(49-2)33(31)50-3)22-40-36(47)37(21-26-9-5-7-12-30(26)43-45-39)34(29-11-6-4-10-27(29)23-41-44-38)52-35(42-37)25-13-15-28(16-14-25)51-18-8-17-46/h4-7,9-16,19-20,34,46H,8,17-18,21-23H2,1-3H3,(H,40,47)/t34-,37-/m1/s1. The van der Waals surface area contributed by atoms with Gasteiger partial charge in [0.1, 0.15) is 5.75 Å². The average molecular weight is 707 g/mol. The zero-order valence-electron chi connectivity index (χ0n) is 28.9. The number of azide groups is 2. The Balaban J connectivity index is 1.65. The first-order valence-electron chi connectivity index (χ1n) is 16.3. The number of carbonyl (C=O) groups is 1. The first-order valence-corrected chi connectivity index (χ1v) is 16.3. The van der Waals surface area contributed by atoms with Gasteiger partial charge in [-0.3, -0.25) is 4.79 Å². The second kappa shape index (κ2) is 17.5. The molecule has 0 spiro atoms. The molecule has 1 amide bonds. The summed E-state index contributed by atoms with van der Waals surface area (Å²) in [6.45, 7) is 0.405. The third kappa shape index (κ3) is 8.14. The van der Waals surface area contributed by atoms with Crippen molar-refractivity contribution in [1.29, 1.82) is 0 Å². The molecule has 0 radical (unpaired) electrons. The third-order valence-electron chi connectivity index (χ3n) is 8.45. The van der Waals surface area contributed by atoms with Gasteiger partial charge in [-0.1, -0.05) is 58.8 Å². The highest BCUT2D eigenvalue weighted by Crippen LogP contribution is 2.45. The summed E-state index contributed by atoms with van der Waals surface area (Å²) in [5.74, 6) is 1.54. The molecule has 1 aliphatic rings. The van der Waals surface area contributed by atoms with Crippen LogP contribution in [0.15, 0.2) is 100 Å². The van der Waals surface area contributed by atoms with Crippen LogP contribution in [0.5, 0.6) is 23.0 Å². The summed E-state index contributed by atoms with van der Waals surface area (Å²) in [6, 6.07) is 24.7. The van der Waals surface area contributed by atoms with E-state index < -0.39 is 17.6 Å². The van der Waals surface area contributed by atoms with E-state index in [9.17, 15) is 15.9 Å². The van der Waals surface area contributed by atoms with Crippen molar-refractivity contribution in [3.8, 4) is 23.0 Å². The molecule has 0 saturated heterocycles. The summed E-state index contributed by atoms with van der Waals surface area (Å²) >= 11 is 0. The fourth-order valence-corrected chi connectivity index (χ4v) is 5.97. The van der Waals surface area contributed by atoms with Gasteiger partial charge in [0.15, 0.2) is 23.1 Å². The molecular formula is C37H38N8O7. The van der Waals surface area contributed by atoms with Gasteiger partial charge in [-0.25, -0.2) is 4.99 Å². The molecule has 1 heterocycles. The lowest BCUT2D eigenvalue weighted by Crippen LogP contribution is -2.50. The minimum atomic E-state index is -1.67. The Kier molecular flexibility index (Phi) is 12.4. The molecule has 0 unspecified atom stereocenters. The third-order valence-corrected chi connectivity index (χ3v) is 8.45. The van der Waals surface area contributed by atoms with Crippen molar-refractivity contribution in [2.75, 3.05) is 34.5 Å². The number of benzene rings is 4. The van der Waals surface area contributed by atoms with E-state index >= 15 is 0 Å². The highest BCUT2D eigenvalue weighted by molar-refractivity contribution is 6.01. The van der Waals surface area contributed by atoms with Gasteiger partial charge in [0.25, 0.3) is 5.91 Å². The number of nitrogens with zero attached hydrogens (tertiary/aromatic N) is 7. The molecule has 15 heteroatoms. The van der Waals surface area contributed by atoms with Crippen LogP contribution in [0.2, 0.25) is 0 Å². The Morgan fingerprint density at radius 3 is 2.29 bits per heavy atom. The molecule has 268 valence electrons. The molecule has 52 heavy (non-hydrogen) atoms. The van der Waals surface area contributed by atoms with Crippen LogP contribution in [-0.2, 0) is 29.0 Å². The van der Waals surface area contributed by atoms with Crippen molar-refractivity contribution in [2.24, 2.45) is 15.2 Å². The monoisotopic (exact) mass is 706 g/mol. The Hall–Kier alpha value is -6.40. The lowest BCUT2D eigenvalue weighted by Gasteiger charge is -2.32. The lowest BCUT2D eigenvalue weighted by molar-refractivity contribution is -0.129. The molecule has 1 aliphatic heterocycles. The van der Waals surface area contributed by atoms with Crippen molar-refractivity contribution in [3.63, 3.8) is 0 Å². The molecule has 0 saturated carbocycles. The lowest BCUT2D eigenvalue weighted by atomic mass is 9.80. The molecule has 5 rings (SSSR count). The van der Waals surface area contributed by atoms with Gasteiger partial charge in [-0.05, 0) is 69.7 Å². The quantitative estimate of drug-likeness (QED) is 0.0506. The minimum Gasteiger partial charge on any atom is -0.494 e. The molecule has 0 aromatic heterocycles. The fourth-order valence-electron chi connectivity index (χ4n) is 5.97. The maximum absolute atomic E-state index is 14.9. The van der Waals surface area contributed by atoms with Crippen LogP contribution in [0.1, 0.15) is 40.3 Å². The number of aliphatic imine (C=N–C) groups is 1. The second-order valence-corrected chi connectivity index (χ2v) is 11.6. The number of aliphatic hydroxyl groups is 1. The average Bonchev–Trinajstić information content (AvgIpc) is 3.57. The smallest absolute Gasteiger partial charge is 0.252 e. The maximum atomic E-state index is 14.9. The van der Waals surface area contributed by atoms with Gasteiger partial charge < -0.3 is 34.1 Å². The molecule has 4 aromatic carbocycles. The maximum Gasteiger partial charge on any atom is 0.252 e. The molecule has 4 aromatic rings. The Morgan fingerprint density at radius 1 is 0.942 bits per heavy atom. The number of rotatable bonds is 17. The van der Waals surface area contributed by atoms with Crippen molar-refractivity contribution < 1.29 is 33.6 Å². The van der Waals surface area contributed by atoms with Crippen molar-refractivity contribution in [3.05, 3.63) is 134 Å². The molecule has 0 aliphatic carbocycles. The minimum absolute atomic E-state index is 0.000190. The van der Waals surface area contributed by atoms with E-state index in [2.05, 4.69) is 25.4 Å². The summed E-state index contributed by atoms with van der Waals surface area (Å²) in [5, 5.41) is 19.9. The number of aliphatic hydroxyl groups excluding tert-OH is 1. The van der Waals surface area contributed by atoms with Crippen molar-refractivity contribution >= 4 is 17.5 Å². The van der Waals surface area contributed by atoms with Crippen molar-refractivity contribution in [2.45, 2.75) is 37.6 Å². The van der Waals surface area contributed by atoms with Crippen LogP contribution in [0, 0.1) is 0 Å². The van der Waals surface area contributed by atoms with E-state index in [0.29, 0.717) is 69.5 Å². The number of ether oxygens (including phenoxy) is 5. The van der Waals surface area contributed by atoms with E-state index in [0.717, 1.165) is 0 Å². The Morgan fingerprint density at radius 2 is 1.63 bits per heavy atom. The van der Waals surface area contributed by atoms with Crippen LogP contribution in [0.25, 0.3) is 20.9 Å². The van der Waals surface area contributed by atoms with Crippen LogP contribution >= 0.6 is 0 Å². The van der Waals surface area contributed by atoms with E-state index in [1.54, 1.807) is 78.9 Å². The van der Waals surface area contributed by atoms with Crippen molar-refractivity contribution in [1.82, 2.24) is 5.32 Å². The number of methoxy groups -OCH3 is 3. The molecule has 15 nitrogen and oxygen atoms in total. The summed E-state index contributed by atoms with van der Waals surface area (Å²) < 4.78 is 28.9. The van der Waals surface area contributed by atoms with Gasteiger partial charge in [0, 0.05) is 47.1 Å². The van der Waals surface area contributed by atoms with Crippen LogP contribution in [0.4, 0.5) is 5.69 Å². The number of hydrogen-bond acceptors (Lipinski definition) is 10. The van der Waals surface area contributed by atoms with Gasteiger partial charge >= 0.3 is 0 Å². The normalized spacial score (nSPS) is 16.0. The molecule has 2 N–H and O–H groups in total. The first kappa shape index (κ1) is 36.9. The topological polar surface area (TPSA) is 205 Å². The number of hydrogen-bond donors (Lipinski definition) is 2. The summed E-state index contributed by atoms with van der Waals surface area (Å²) in [5.41, 5.74) is 20.2. The first-order chi connectivity index (χ1) is 25.4. The Bertz CT molecular complexity index is 1980. The van der Waals surface area contributed by atoms with E-state index in [4.69, 9.17) is 33.8 Å². The molecular weight excluding hydrogens is 668 g/mol. The number of amides is 1. The molecule has 0 fully saturated rings. The second-order valence-electron chi connectivity index (χ2n) is 11.6. The van der Waals surface area contributed by atoms with Gasteiger partial charge in [0.2, 0.25) is 11.6 Å². The van der Waals surface area contributed by atoms with Gasteiger partial charge in [0.05, 0.1) is 34.5 Å². The molecule has 2 atom stereocenters. The summed E-state index contributed by atoms with van der Waals surface area (Å²) in [6.07, 6.45) is -0.568. The number of carbonyl (C=O) groups excluding carboxylic acids is 1. The zero-order valence-corrected chi connectivity index (χ0v) is 28.9. The van der Waals surface area contributed by atoms with E-state index in [-0.39, 0.29) is 32.0 Å². The predicted octanol–water partition coefficient (Wildman–Crippen LogP) is 7.04. The zero-order chi connectivity index (χ0) is 36.9. The highest BCUT2D eigenvalue weighted by atomic mass is 16.5. The van der Waals surface area contributed by atoms with Crippen LogP contribution < -0.4 is 24.3 Å². The predicted molar refractivity (Wildman–Crippen MR) is 193 cm³/mol. The van der Waals surface area contributed by atoms with Gasteiger partial charge in [-0.15, -0.1) is 0 Å². The van der Waals surface area contributed by atoms with E-state index in [1.807, 2.05) is 6.07 Å². The largest absolute Gasteiger partial charge is 0.494 e. The summed E-state index contributed by atoms with van der Waals surface area (Å²) in [7, 11) is 4.52. The SMILES string of the molecule is COc1cc(CNC(=O)[C@]2(Cc3ccccc3N=[N+]=[N-])N=C(c3ccc(OCCCO)cc3)O[C@@H]2c2ccccc2CN=[N+]=[N-])cc(OC)c1OC. The molecule has 0 bridgehead atoms. The van der Waals surface area contributed by atoms with Gasteiger partial charge in [-0.2, -0.15) is 0 Å². The van der Waals surface area contributed by atoms with E-state index in [1.165, 1.54) is 21.3 Å². The van der Waals surface area contributed by atoms with Crippen LogP contribution in [0.3, 0.4) is 0 Å². The Labute approximate surface area is 300 Å².